The fraction of sp³-hybridized carbons (Fsp3) is 0.571. The minimum absolute atomic E-state index is 0.911. The van der Waals surface area contributed by atoms with Crippen molar-refractivity contribution in [2.75, 3.05) is 25.4 Å². The van der Waals surface area contributed by atoms with E-state index in [1.165, 1.54) is 11.7 Å². The lowest BCUT2D eigenvalue weighted by atomic mass is 10.3. The van der Waals surface area contributed by atoms with Crippen molar-refractivity contribution in [3.8, 4) is 0 Å². The molecule has 5 heteroatoms. The van der Waals surface area contributed by atoms with E-state index >= 15 is 0 Å². The van der Waals surface area contributed by atoms with Crippen molar-refractivity contribution in [1.29, 1.82) is 0 Å². The van der Waals surface area contributed by atoms with Crippen molar-refractivity contribution < 1.29 is 0 Å². The topological polar surface area (TPSA) is 30.9 Å². The fourth-order valence-corrected chi connectivity index (χ4v) is 2.50. The quantitative estimate of drug-likeness (QED) is 0.535. The number of nitrogens with zero attached hydrogens (tertiary/aromatic N) is 3. The normalized spacial score (nSPS) is 26.7. The van der Waals surface area contributed by atoms with E-state index in [-0.39, 0.29) is 0 Å². The molecule has 0 amide bonds. The number of hydrogen-bond acceptors (Lipinski definition) is 5. The minimum atomic E-state index is 0.911. The van der Waals surface area contributed by atoms with Crippen molar-refractivity contribution in [1.82, 2.24) is 14.6 Å². The van der Waals surface area contributed by atoms with Gasteiger partial charge >= 0.3 is 0 Å². The molecule has 1 N–H and O–H groups in total. The lowest BCUT2D eigenvalue weighted by Crippen LogP contribution is -2.45. The molecule has 0 spiro atoms. The fourth-order valence-electron chi connectivity index (χ4n) is 1.68. The summed E-state index contributed by atoms with van der Waals surface area (Å²) < 4.78 is 2.03. The number of hydrazone groups is 1. The summed E-state index contributed by atoms with van der Waals surface area (Å²) in [6.07, 6.45) is 2.24. The molecule has 1 saturated heterocycles. The molecule has 3 heterocycles. The Balaban J connectivity index is 1.95. The van der Waals surface area contributed by atoms with Gasteiger partial charge in [0.25, 0.3) is 0 Å². The molecule has 4 nitrogen and oxygen atoms in total. The van der Waals surface area contributed by atoms with Crippen LogP contribution < -0.4 is 5.32 Å². The lowest BCUT2D eigenvalue weighted by Gasteiger charge is -2.25. The molecule has 0 aliphatic carbocycles. The monoisotopic (exact) mass is 182 g/mol. The molecule has 0 aromatic carbocycles. The maximum Gasteiger partial charge on any atom is 0.146 e. The van der Waals surface area contributed by atoms with Crippen LogP contribution in [0, 0.1) is 0 Å². The standard InChI is InChI=1S/C7H10N4S/c1-4-12-11-7(1)10-3-2-8-5-6(10)9-11/h1,8H,2-5H2. The number of hydrogen-bond donors (Lipinski definition) is 1. The Hall–Kier alpha value is -0.680. The van der Waals surface area contributed by atoms with Gasteiger partial charge in [0.05, 0.1) is 6.54 Å². The smallest absolute Gasteiger partial charge is 0.146 e. The summed E-state index contributed by atoms with van der Waals surface area (Å²) in [5, 5.41) is 7.79. The Morgan fingerprint density at radius 2 is 2.58 bits per heavy atom. The average Bonchev–Trinajstić information content (AvgIpc) is 2.62. The molecule has 1 fully saturated rings. The Kier molecular flexibility index (Phi) is 1.36. The molecule has 0 atom stereocenters. The van der Waals surface area contributed by atoms with Gasteiger partial charge in [-0.3, -0.25) is 0 Å². The van der Waals surface area contributed by atoms with Crippen molar-refractivity contribution >= 4 is 17.8 Å². The van der Waals surface area contributed by atoms with Crippen LogP contribution in [0.1, 0.15) is 0 Å². The number of rotatable bonds is 0. The molecule has 3 aliphatic heterocycles. The van der Waals surface area contributed by atoms with E-state index in [2.05, 4.69) is 21.4 Å². The van der Waals surface area contributed by atoms with Crippen LogP contribution in [-0.2, 0) is 0 Å². The first-order valence-corrected chi connectivity index (χ1v) is 5.08. The third kappa shape index (κ3) is 0.804. The van der Waals surface area contributed by atoms with E-state index in [9.17, 15) is 0 Å². The van der Waals surface area contributed by atoms with E-state index in [0.717, 1.165) is 25.4 Å². The van der Waals surface area contributed by atoms with Gasteiger partial charge in [-0.15, -0.1) is 5.10 Å². The zero-order valence-corrected chi connectivity index (χ0v) is 7.47. The summed E-state index contributed by atoms with van der Waals surface area (Å²) in [7, 11) is 0. The number of fused-ring (bicyclic) bond motifs is 3. The van der Waals surface area contributed by atoms with E-state index in [4.69, 9.17) is 0 Å². The maximum absolute atomic E-state index is 4.48. The molecular weight excluding hydrogens is 172 g/mol. The van der Waals surface area contributed by atoms with Crippen LogP contribution in [0.3, 0.4) is 0 Å². The SMILES string of the molecule is C1=C2N(N=C3CNCCN23)SC1. The number of nitrogens with one attached hydrogen (secondary N) is 1. The highest BCUT2D eigenvalue weighted by Crippen LogP contribution is 2.33. The van der Waals surface area contributed by atoms with Crippen LogP contribution in [-0.4, -0.2) is 40.5 Å². The molecule has 12 heavy (non-hydrogen) atoms. The summed E-state index contributed by atoms with van der Waals surface area (Å²) in [6, 6.07) is 0. The van der Waals surface area contributed by atoms with Gasteiger partial charge in [-0.05, 0) is 18.0 Å². The van der Waals surface area contributed by atoms with Gasteiger partial charge in [0.1, 0.15) is 11.7 Å². The van der Waals surface area contributed by atoms with Gasteiger partial charge in [-0.1, -0.05) is 0 Å². The van der Waals surface area contributed by atoms with Crippen molar-refractivity contribution in [2.24, 2.45) is 5.10 Å². The molecule has 0 bridgehead atoms. The molecular formula is C7H10N4S. The van der Waals surface area contributed by atoms with Crippen LogP contribution in [0.5, 0.6) is 0 Å². The first kappa shape index (κ1) is 6.80. The van der Waals surface area contributed by atoms with Gasteiger partial charge in [-0.25, -0.2) is 0 Å². The average molecular weight is 182 g/mol. The second kappa shape index (κ2) is 2.40. The van der Waals surface area contributed by atoms with Crippen LogP contribution >= 0.6 is 11.9 Å². The van der Waals surface area contributed by atoms with Gasteiger partial charge in [0.2, 0.25) is 0 Å². The highest BCUT2D eigenvalue weighted by atomic mass is 32.2. The third-order valence-corrected chi connectivity index (χ3v) is 3.08. The van der Waals surface area contributed by atoms with E-state index in [0.29, 0.717) is 0 Å². The number of piperazine rings is 1. The Morgan fingerprint density at radius 1 is 1.58 bits per heavy atom. The number of amidine groups is 1. The molecule has 0 radical (unpaired) electrons. The minimum Gasteiger partial charge on any atom is -0.310 e. The maximum atomic E-state index is 4.48. The Morgan fingerprint density at radius 3 is 3.58 bits per heavy atom. The summed E-state index contributed by atoms with van der Waals surface area (Å²) in [5.74, 6) is 3.51. The van der Waals surface area contributed by atoms with Crippen LogP contribution in [0.2, 0.25) is 0 Å². The second-order valence-corrected chi connectivity index (χ2v) is 3.91. The molecule has 0 saturated carbocycles. The molecule has 0 aromatic rings. The van der Waals surface area contributed by atoms with Crippen LogP contribution in [0.4, 0.5) is 0 Å². The van der Waals surface area contributed by atoms with Gasteiger partial charge in [0, 0.05) is 18.8 Å². The van der Waals surface area contributed by atoms with E-state index < -0.39 is 0 Å². The van der Waals surface area contributed by atoms with E-state index in [1.54, 1.807) is 11.9 Å². The predicted octanol–water partition coefficient (Wildman–Crippen LogP) is 0.0239. The summed E-state index contributed by atoms with van der Waals surface area (Å²) in [6.45, 7) is 3.03. The Bertz CT molecular complexity index is 273. The van der Waals surface area contributed by atoms with Gasteiger partial charge in [0.15, 0.2) is 0 Å². The van der Waals surface area contributed by atoms with Crippen molar-refractivity contribution in [3.63, 3.8) is 0 Å². The van der Waals surface area contributed by atoms with Gasteiger partial charge in [-0.2, -0.15) is 4.41 Å². The molecule has 0 aromatic heterocycles. The predicted molar refractivity (Wildman–Crippen MR) is 49.4 cm³/mol. The highest BCUT2D eigenvalue weighted by molar-refractivity contribution is 7.97. The second-order valence-electron chi connectivity index (χ2n) is 2.98. The summed E-state index contributed by atoms with van der Waals surface area (Å²) >= 11 is 1.76. The van der Waals surface area contributed by atoms with Crippen LogP contribution in [0.25, 0.3) is 0 Å². The van der Waals surface area contributed by atoms with Crippen molar-refractivity contribution in [3.05, 3.63) is 11.9 Å². The van der Waals surface area contributed by atoms with Gasteiger partial charge < -0.3 is 10.2 Å². The van der Waals surface area contributed by atoms with Crippen LogP contribution in [0.15, 0.2) is 17.0 Å². The molecule has 3 rings (SSSR count). The molecule has 3 aliphatic rings. The van der Waals surface area contributed by atoms with Crippen molar-refractivity contribution in [2.45, 2.75) is 0 Å². The Labute approximate surface area is 75.4 Å². The third-order valence-electron chi connectivity index (χ3n) is 2.25. The molecule has 64 valence electrons. The first-order valence-electron chi connectivity index (χ1n) is 4.14. The zero-order chi connectivity index (χ0) is 7.97. The van der Waals surface area contributed by atoms with E-state index in [1.807, 2.05) is 4.41 Å². The summed E-state index contributed by atoms with van der Waals surface area (Å²) in [5.41, 5.74) is 0. The lowest BCUT2D eigenvalue weighted by molar-refractivity contribution is 0.426. The highest BCUT2D eigenvalue weighted by Gasteiger charge is 2.33. The first-order chi connectivity index (χ1) is 5.95. The largest absolute Gasteiger partial charge is 0.310 e. The zero-order valence-electron chi connectivity index (χ0n) is 6.66. The summed E-state index contributed by atoms with van der Waals surface area (Å²) in [4.78, 5) is 2.30. The molecule has 0 unspecified atom stereocenters.